The number of nitrogens with one attached hydrogen (secondary N) is 1. The van der Waals surface area contributed by atoms with E-state index in [4.69, 9.17) is 4.74 Å². The van der Waals surface area contributed by atoms with Crippen molar-refractivity contribution in [3.63, 3.8) is 0 Å². The summed E-state index contributed by atoms with van der Waals surface area (Å²) >= 11 is 0. The Morgan fingerprint density at radius 3 is 2.74 bits per heavy atom. The van der Waals surface area contributed by atoms with Gasteiger partial charge in [0.2, 0.25) is 0 Å². The number of carbonyl (C=O) groups excluding carboxylic acids is 2. The predicted molar refractivity (Wildman–Crippen MR) is 71.7 cm³/mol. The molecule has 4 heteroatoms. The normalized spacial score (nSPS) is 23.1. The number of piperidine rings is 1. The van der Waals surface area contributed by atoms with Crippen LogP contribution in [-0.4, -0.2) is 30.9 Å². The van der Waals surface area contributed by atoms with Gasteiger partial charge < -0.3 is 10.1 Å². The van der Waals surface area contributed by atoms with Crippen LogP contribution in [-0.2, 0) is 20.7 Å². The Labute approximate surface area is 113 Å². The van der Waals surface area contributed by atoms with Crippen LogP contribution in [0.4, 0.5) is 0 Å². The monoisotopic (exact) mass is 261 g/mol. The number of ketones is 1. The van der Waals surface area contributed by atoms with E-state index in [1.165, 1.54) is 5.56 Å². The van der Waals surface area contributed by atoms with Gasteiger partial charge in [-0.25, -0.2) is 0 Å². The summed E-state index contributed by atoms with van der Waals surface area (Å²) in [6.07, 6.45) is 1.19. The van der Waals surface area contributed by atoms with Gasteiger partial charge in [0.05, 0.1) is 6.61 Å². The Morgan fingerprint density at radius 1 is 1.37 bits per heavy atom. The number of ether oxygens (including phenoxy) is 1. The molecule has 102 valence electrons. The highest BCUT2D eigenvalue weighted by atomic mass is 16.5. The zero-order chi connectivity index (χ0) is 13.7. The summed E-state index contributed by atoms with van der Waals surface area (Å²) < 4.78 is 4.91. The topological polar surface area (TPSA) is 55.4 Å². The summed E-state index contributed by atoms with van der Waals surface area (Å²) in [5.41, 5.74) is 1.20. The molecule has 0 saturated carbocycles. The van der Waals surface area contributed by atoms with E-state index in [0.717, 1.165) is 6.42 Å². The van der Waals surface area contributed by atoms with Crippen LogP contribution >= 0.6 is 0 Å². The quantitative estimate of drug-likeness (QED) is 0.656. The fraction of sp³-hybridized carbons (Fsp3) is 0.467. The first-order chi connectivity index (χ1) is 9.20. The average Bonchev–Trinajstić information content (AvgIpc) is 2.40. The molecule has 2 rings (SSSR count). The molecule has 1 aromatic carbocycles. The number of benzene rings is 1. The maximum atomic E-state index is 12.0. The van der Waals surface area contributed by atoms with Crippen molar-refractivity contribution < 1.29 is 14.3 Å². The summed E-state index contributed by atoms with van der Waals surface area (Å²) in [6, 6.07) is 10.1. The molecule has 19 heavy (non-hydrogen) atoms. The first-order valence-electron chi connectivity index (χ1n) is 6.67. The molecule has 0 amide bonds. The lowest BCUT2D eigenvalue weighted by Crippen LogP contribution is -2.48. The fourth-order valence-electron chi connectivity index (χ4n) is 2.36. The van der Waals surface area contributed by atoms with Gasteiger partial charge in [-0.1, -0.05) is 30.3 Å². The van der Waals surface area contributed by atoms with Crippen LogP contribution < -0.4 is 5.32 Å². The predicted octanol–water partition coefficient (Wildman–Crippen LogP) is 1.34. The van der Waals surface area contributed by atoms with Crippen LogP contribution in [0.2, 0.25) is 0 Å². The largest absolute Gasteiger partial charge is 0.465 e. The lowest BCUT2D eigenvalue weighted by molar-refractivity contribution is -0.152. The van der Waals surface area contributed by atoms with Crippen LogP contribution in [0.3, 0.4) is 0 Å². The molecule has 0 bridgehead atoms. The molecule has 0 radical (unpaired) electrons. The molecule has 0 spiro atoms. The highest BCUT2D eigenvalue weighted by Crippen LogP contribution is 2.15. The Morgan fingerprint density at radius 2 is 2.11 bits per heavy atom. The van der Waals surface area contributed by atoms with E-state index >= 15 is 0 Å². The van der Waals surface area contributed by atoms with Crippen molar-refractivity contribution in [3.8, 4) is 0 Å². The second kappa shape index (κ2) is 6.48. The van der Waals surface area contributed by atoms with E-state index in [2.05, 4.69) is 5.32 Å². The van der Waals surface area contributed by atoms with Crippen LogP contribution in [0.25, 0.3) is 0 Å². The van der Waals surface area contributed by atoms with Crippen LogP contribution in [0.15, 0.2) is 30.3 Å². The van der Waals surface area contributed by atoms with Crippen molar-refractivity contribution >= 4 is 11.8 Å². The number of rotatable bonds is 4. The first kappa shape index (κ1) is 13.7. The Hall–Kier alpha value is -1.68. The lowest BCUT2D eigenvalue weighted by Gasteiger charge is -2.27. The van der Waals surface area contributed by atoms with Crippen molar-refractivity contribution in [1.82, 2.24) is 5.32 Å². The van der Waals surface area contributed by atoms with Gasteiger partial charge in [-0.3, -0.25) is 9.59 Å². The minimum absolute atomic E-state index is 0.0156. The zero-order valence-corrected chi connectivity index (χ0v) is 11.1. The summed E-state index contributed by atoms with van der Waals surface area (Å²) in [5.74, 6) is -1.05. The maximum absolute atomic E-state index is 12.0. The number of hydrogen-bond donors (Lipinski definition) is 1. The van der Waals surface area contributed by atoms with E-state index in [1.807, 2.05) is 30.3 Å². The van der Waals surface area contributed by atoms with Gasteiger partial charge in [-0.2, -0.15) is 0 Å². The van der Waals surface area contributed by atoms with Crippen LogP contribution in [0.5, 0.6) is 0 Å². The second-order valence-corrected chi connectivity index (χ2v) is 4.77. The van der Waals surface area contributed by atoms with Crippen LogP contribution in [0, 0.1) is 5.92 Å². The number of Topliss-reactive ketones (excluding diaryl/α,β-unsaturated/α-hetero) is 1. The molecule has 1 N–H and O–H groups in total. The molecule has 1 aliphatic rings. The maximum Gasteiger partial charge on any atom is 0.317 e. The van der Waals surface area contributed by atoms with Crippen molar-refractivity contribution in [1.29, 1.82) is 0 Å². The molecule has 4 nitrogen and oxygen atoms in total. The Balaban J connectivity index is 1.90. The van der Waals surface area contributed by atoms with Crippen molar-refractivity contribution in [2.75, 3.05) is 13.2 Å². The van der Waals surface area contributed by atoms with Crippen molar-refractivity contribution in [3.05, 3.63) is 35.9 Å². The molecular weight excluding hydrogens is 242 g/mol. The third-order valence-corrected chi connectivity index (χ3v) is 3.34. The second-order valence-electron chi connectivity index (χ2n) is 4.77. The van der Waals surface area contributed by atoms with Gasteiger partial charge in [-0.05, 0) is 18.9 Å². The molecule has 2 atom stereocenters. The lowest BCUT2D eigenvalue weighted by atomic mass is 9.90. The average molecular weight is 261 g/mol. The zero-order valence-electron chi connectivity index (χ0n) is 11.1. The third kappa shape index (κ3) is 3.64. The van der Waals surface area contributed by atoms with E-state index in [-0.39, 0.29) is 11.8 Å². The fourth-order valence-corrected chi connectivity index (χ4v) is 2.36. The standard InChI is InChI=1S/C15H19NO3/c1-2-19-15(18)13-10-16-12(9-14(13)17)8-11-6-4-3-5-7-11/h3-7,12-13,16H,2,8-10H2,1H3. The van der Waals surface area contributed by atoms with Gasteiger partial charge in [0.1, 0.15) is 11.7 Å². The van der Waals surface area contributed by atoms with Gasteiger partial charge in [0.25, 0.3) is 0 Å². The third-order valence-electron chi connectivity index (χ3n) is 3.34. The molecule has 0 aliphatic carbocycles. The molecule has 1 saturated heterocycles. The van der Waals surface area contributed by atoms with Gasteiger partial charge >= 0.3 is 5.97 Å². The van der Waals surface area contributed by atoms with Crippen molar-refractivity contribution in [2.45, 2.75) is 25.8 Å². The molecule has 1 fully saturated rings. The molecule has 1 aromatic rings. The van der Waals surface area contributed by atoms with E-state index < -0.39 is 11.9 Å². The smallest absolute Gasteiger partial charge is 0.317 e. The summed E-state index contributed by atoms with van der Waals surface area (Å²) in [6.45, 7) is 2.45. The minimum Gasteiger partial charge on any atom is -0.465 e. The van der Waals surface area contributed by atoms with Crippen molar-refractivity contribution in [2.24, 2.45) is 5.92 Å². The first-order valence-corrected chi connectivity index (χ1v) is 6.67. The summed E-state index contributed by atoms with van der Waals surface area (Å²) in [5, 5.41) is 3.27. The van der Waals surface area contributed by atoms with Crippen LogP contribution in [0.1, 0.15) is 18.9 Å². The highest BCUT2D eigenvalue weighted by Gasteiger charge is 2.34. The van der Waals surface area contributed by atoms with E-state index in [0.29, 0.717) is 19.6 Å². The Bertz CT molecular complexity index is 444. The van der Waals surface area contributed by atoms with E-state index in [9.17, 15) is 9.59 Å². The molecule has 2 unspecified atom stereocenters. The number of hydrogen-bond acceptors (Lipinski definition) is 4. The SMILES string of the molecule is CCOC(=O)C1CNC(Cc2ccccc2)CC1=O. The number of esters is 1. The minimum atomic E-state index is -0.632. The highest BCUT2D eigenvalue weighted by molar-refractivity contribution is 6.00. The molecule has 1 aliphatic heterocycles. The molecule has 0 aromatic heterocycles. The summed E-state index contributed by atoms with van der Waals surface area (Å²) in [4.78, 5) is 23.6. The Kier molecular flexibility index (Phi) is 4.68. The molecular formula is C15H19NO3. The molecule has 1 heterocycles. The summed E-state index contributed by atoms with van der Waals surface area (Å²) in [7, 11) is 0. The van der Waals surface area contributed by atoms with Gasteiger partial charge in [0.15, 0.2) is 0 Å². The van der Waals surface area contributed by atoms with Gasteiger partial charge in [0, 0.05) is 19.0 Å². The number of carbonyl (C=O) groups is 2. The van der Waals surface area contributed by atoms with E-state index in [1.54, 1.807) is 6.92 Å². The van der Waals surface area contributed by atoms with Gasteiger partial charge in [-0.15, -0.1) is 0 Å².